The third-order valence-electron chi connectivity index (χ3n) is 5.55. The van der Waals surface area contributed by atoms with Crippen molar-refractivity contribution in [3.8, 4) is 11.5 Å². The molecule has 0 unspecified atom stereocenters. The number of nitrogens with one attached hydrogen (secondary N) is 1. The van der Waals surface area contributed by atoms with Crippen molar-refractivity contribution in [1.29, 1.82) is 0 Å². The number of aromatic nitrogens is 1. The van der Waals surface area contributed by atoms with Crippen LogP contribution in [0.25, 0.3) is 16.6 Å². The summed E-state index contributed by atoms with van der Waals surface area (Å²) in [6.07, 6.45) is 5.45. The average molecular weight is 372 g/mol. The summed E-state index contributed by atoms with van der Waals surface area (Å²) in [6, 6.07) is 12.8. The van der Waals surface area contributed by atoms with Crippen LogP contribution in [0.3, 0.4) is 0 Å². The van der Waals surface area contributed by atoms with Crippen molar-refractivity contribution >= 4 is 22.4 Å². The van der Waals surface area contributed by atoms with Gasteiger partial charge in [0.1, 0.15) is 11.5 Å². The van der Waals surface area contributed by atoms with Crippen LogP contribution in [0.1, 0.15) is 28.0 Å². The molecule has 140 valence electrons. The van der Waals surface area contributed by atoms with Crippen LogP contribution in [0.5, 0.6) is 11.5 Å². The molecule has 0 saturated carbocycles. The van der Waals surface area contributed by atoms with Crippen LogP contribution in [0.15, 0.2) is 60.3 Å². The van der Waals surface area contributed by atoms with Crippen LogP contribution < -0.4 is 4.74 Å². The number of rotatable bonds is 3. The van der Waals surface area contributed by atoms with E-state index in [9.17, 15) is 9.90 Å². The number of nitrogens with zero attached hydrogens (tertiary/aromatic N) is 1. The monoisotopic (exact) mass is 372 g/mol. The minimum Gasteiger partial charge on any atom is -0.507 e. The Hall–Kier alpha value is -3.47. The first-order valence-corrected chi connectivity index (χ1v) is 9.35. The lowest BCUT2D eigenvalue weighted by atomic mass is 9.94. The summed E-state index contributed by atoms with van der Waals surface area (Å²) < 4.78 is 5.38. The van der Waals surface area contributed by atoms with Crippen molar-refractivity contribution in [1.82, 2.24) is 9.88 Å². The van der Waals surface area contributed by atoms with E-state index in [4.69, 9.17) is 4.74 Å². The quantitative estimate of drug-likeness (QED) is 0.675. The fraction of sp³-hybridized carbons (Fsp3) is 0.174. The van der Waals surface area contributed by atoms with Gasteiger partial charge in [-0.2, -0.15) is 0 Å². The van der Waals surface area contributed by atoms with E-state index in [1.54, 1.807) is 31.4 Å². The molecular formula is C23H20N2O3. The molecule has 5 heteroatoms. The predicted molar refractivity (Wildman–Crippen MR) is 108 cm³/mol. The van der Waals surface area contributed by atoms with Crippen molar-refractivity contribution in [3.63, 3.8) is 0 Å². The molecule has 2 aromatic carbocycles. The number of aromatic hydroxyl groups is 1. The molecule has 0 bridgehead atoms. The second kappa shape index (κ2) is 6.30. The Bertz CT molecular complexity index is 1170. The number of ether oxygens (including phenoxy) is 1. The van der Waals surface area contributed by atoms with Crippen LogP contribution in [0.4, 0.5) is 0 Å². The number of para-hydroxylation sites is 1. The van der Waals surface area contributed by atoms with Crippen LogP contribution in [-0.2, 0) is 6.42 Å². The minimum atomic E-state index is -0.124. The highest BCUT2D eigenvalue weighted by atomic mass is 16.5. The number of benzene rings is 2. The third kappa shape index (κ3) is 2.51. The average Bonchev–Trinajstić information content (AvgIpc) is 3.11. The summed E-state index contributed by atoms with van der Waals surface area (Å²) in [5.74, 6) is 0.749. The first kappa shape index (κ1) is 16.7. The standard InChI is InChI=1S/C23H20N2O3/c1-28-15-7-8-19-18(12-15)16-10-11-25-13-14(6-9-20(25)22(16)24-19)23(27)17-4-2-3-5-21(17)26/h2-5,7-9,12-13,24,26H,6,10-11H2,1H3. The zero-order chi connectivity index (χ0) is 19.3. The summed E-state index contributed by atoms with van der Waals surface area (Å²) in [5.41, 5.74) is 5.63. The molecule has 0 spiro atoms. The molecule has 3 aromatic rings. The van der Waals surface area contributed by atoms with Gasteiger partial charge in [-0.3, -0.25) is 4.79 Å². The van der Waals surface area contributed by atoms with Gasteiger partial charge in [0, 0.05) is 29.2 Å². The lowest BCUT2D eigenvalue weighted by Gasteiger charge is -2.32. The Morgan fingerprint density at radius 2 is 2.07 bits per heavy atom. The Labute approximate surface area is 162 Å². The fourth-order valence-electron chi connectivity index (χ4n) is 4.12. The molecule has 3 heterocycles. The number of aromatic amines is 1. The Morgan fingerprint density at radius 3 is 2.89 bits per heavy atom. The summed E-state index contributed by atoms with van der Waals surface area (Å²) in [6.45, 7) is 0.806. The number of methoxy groups -OCH3 is 1. The van der Waals surface area contributed by atoms with E-state index >= 15 is 0 Å². The smallest absolute Gasteiger partial charge is 0.194 e. The molecule has 2 aliphatic rings. The van der Waals surface area contributed by atoms with Crippen molar-refractivity contribution in [2.24, 2.45) is 0 Å². The van der Waals surface area contributed by atoms with E-state index in [1.165, 1.54) is 10.9 Å². The van der Waals surface area contributed by atoms with Crippen LogP contribution in [0, 0.1) is 0 Å². The number of phenols is 1. The van der Waals surface area contributed by atoms with Gasteiger partial charge in [-0.05, 0) is 48.7 Å². The number of Topliss-reactive ketones (excluding diaryl/α,β-unsaturated/α-hetero) is 1. The van der Waals surface area contributed by atoms with Gasteiger partial charge < -0.3 is 19.7 Å². The first-order chi connectivity index (χ1) is 13.7. The van der Waals surface area contributed by atoms with Gasteiger partial charge in [-0.1, -0.05) is 18.2 Å². The van der Waals surface area contributed by atoms with E-state index in [0.29, 0.717) is 17.6 Å². The SMILES string of the molecule is COc1ccc2[nH]c3c(c2c1)CCN1C=C(C(=O)c2ccccc2O)CC=C31. The maximum Gasteiger partial charge on any atom is 0.194 e. The zero-order valence-corrected chi connectivity index (χ0v) is 15.5. The highest BCUT2D eigenvalue weighted by molar-refractivity contribution is 6.11. The Kier molecular flexibility index (Phi) is 3.76. The Balaban J connectivity index is 1.50. The number of allylic oxidation sites excluding steroid dienone is 2. The third-order valence-corrected chi connectivity index (χ3v) is 5.55. The zero-order valence-electron chi connectivity index (χ0n) is 15.5. The number of fused-ring (bicyclic) bond motifs is 5. The van der Waals surface area contributed by atoms with Gasteiger partial charge in [-0.25, -0.2) is 0 Å². The summed E-state index contributed by atoms with van der Waals surface area (Å²) >= 11 is 0. The molecule has 1 aromatic heterocycles. The van der Waals surface area contributed by atoms with E-state index < -0.39 is 0 Å². The highest BCUT2D eigenvalue weighted by Crippen LogP contribution is 2.38. The van der Waals surface area contributed by atoms with E-state index in [0.717, 1.165) is 35.6 Å². The van der Waals surface area contributed by atoms with E-state index in [-0.39, 0.29) is 11.5 Å². The van der Waals surface area contributed by atoms with Crippen molar-refractivity contribution in [2.45, 2.75) is 12.8 Å². The van der Waals surface area contributed by atoms with Gasteiger partial charge in [-0.15, -0.1) is 0 Å². The number of carbonyl (C=O) groups excluding carboxylic acids is 1. The number of phenolic OH excluding ortho intramolecular Hbond substituents is 1. The molecular weight excluding hydrogens is 352 g/mol. The molecule has 0 atom stereocenters. The maximum atomic E-state index is 12.8. The minimum absolute atomic E-state index is 0.0219. The first-order valence-electron chi connectivity index (χ1n) is 9.35. The summed E-state index contributed by atoms with van der Waals surface area (Å²) in [4.78, 5) is 18.5. The van der Waals surface area contributed by atoms with Crippen LogP contribution >= 0.6 is 0 Å². The number of hydrogen-bond acceptors (Lipinski definition) is 4. The van der Waals surface area contributed by atoms with Gasteiger partial charge in [0.15, 0.2) is 5.78 Å². The molecule has 0 saturated heterocycles. The van der Waals surface area contributed by atoms with Gasteiger partial charge in [0.25, 0.3) is 0 Å². The van der Waals surface area contributed by atoms with Gasteiger partial charge in [0.05, 0.1) is 24.1 Å². The van der Waals surface area contributed by atoms with Crippen LogP contribution in [-0.4, -0.2) is 34.4 Å². The van der Waals surface area contributed by atoms with E-state index in [2.05, 4.69) is 22.0 Å². The lowest BCUT2D eigenvalue weighted by molar-refractivity contribution is 0.102. The Morgan fingerprint density at radius 1 is 1.21 bits per heavy atom. The molecule has 0 radical (unpaired) electrons. The molecule has 2 N–H and O–H groups in total. The van der Waals surface area contributed by atoms with E-state index in [1.807, 2.05) is 18.3 Å². The molecule has 0 fully saturated rings. The number of ketones is 1. The maximum absolute atomic E-state index is 12.8. The summed E-state index contributed by atoms with van der Waals surface area (Å²) in [7, 11) is 1.68. The van der Waals surface area contributed by atoms with Crippen molar-refractivity contribution in [3.05, 3.63) is 77.1 Å². The normalized spacial score (nSPS) is 15.5. The molecule has 2 aliphatic heterocycles. The topological polar surface area (TPSA) is 65.6 Å². The highest BCUT2D eigenvalue weighted by Gasteiger charge is 2.28. The van der Waals surface area contributed by atoms with Gasteiger partial charge >= 0.3 is 0 Å². The number of carbonyl (C=O) groups is 1. The van der Waals surface area contributed by atoms with Gasteiger partial charge in [0.2, 0.25) is 0 Å². The molecule has 28 heavy (non-hydrogen) atoms. The molecule has 0 amide bonds. The van der Waals surface area contributed by atoms with Crippen LogP contribution in [0.2, 0.25) is 0 Å². The second-order valence-corrected chi connectivity index (χ2v) is 7.13. The van der Waals surface area contributed by atoms with Crippen molar-refractivity contribution in [2.75, 3.05) is 13.7 Å². The molecule has 0 aliphatic carbocycles. The molecule has 5 rings (SSSR count). The fourth-order valence-corrected chi connectivity index (χ4v) is 4.12. The number of H-pyrrole nitrogens is 1. The summed E-state index contributed by atoms with van der Waals surface area (Å²) in [5, 5.41) is 11.2. The largest absolute Gasteiger partial charge is 0.507 e. The molecule has 5 nitrogen and oxygen atoms in total. The number of hydrogen-bond donors (Lipinski definition) is 2. The second-order valence-electron chi connectivity index (χ2n) is 7.13. The van der Waals surface area contributed by atoms with Crippen molar-refractivity contribution < 1.29 is 14.6 Å². The lowest BCUT2D eigenvalue weighted by Crippen LogP contribution is -2.28. The predicted octanol–water partition coefficient (Wildman–Crippen LogP) is 4.25.